The van der Waals surface area contributed by atoms with Crippen LogP contribution in [0.2, 0.25) is 5.02 Å². The first-order valence-corrected chi connectivity index (χ1v) is 13.0. The lowest BCUT2D eigenvalue weighted by Crippen LogP contribution is -2.43. The smallest absolute Gasteiger partial charge is 0.270 e. The van der Waals surface area contributed by atoms with Gasteiger partial charge >= 0.3 is 0 Å². The fraction of sp³-hybridized carbons (Fsp3) is 0.267. The number of nitrogens with one attached hydrogen (secondary N) is 1. The molecular formula is C30H29ClFN3O2. The summed E-state index contributed by atoms with van der Waals surface area (Å²) in [7, 11) is 0. The summed E-state index contributed by atoms with van der Waals surface area (Å²) in [6, 6.07) is 24.0. The minimum Gasteiger partial charge on any atom is -0.356 e. The van der Waals surface area contributed by atoms with Gasteiger partial charge in [0.2, 0.25) is 5.91 Å². The number of halogens is 2. The summed E-state index contributed by atoms with van der Waals surface area (Å²) in [5, 5.41) is 4.70. The van der Waals surface area contributed by atoms with Crippen molar-refractivity contribution in [1.82, 2.24) is 14.8 Å². The molecule has 1 aromatic heterocycles. The van der Waals surface area contributed by atoms with Crippen LogP contribution in [-0.4, -0.2) is 40.9 Å². The van der Waals surface area contributed by atoms with Crippen LogP contribution in [0.1, 0.15) is 34.5 Å². The number of piperidine rings is 1. The highest BCUT2D eigenvalue weighted by atomic mass is 35.5. The first-order valence-electron chi connectivity index (χ1n) is 12.6. The van der Waals surface area contributed by atoms with Crippen molar-refractivity contribution in [1.29, 1.82) is 0 Å². The van der Waals surface area contributed by atoms with E-state index in [9.17, 15) is 14.0 Å². The average molecular weight is 518 g/mol. The fourth-order valence-corrected chi connectivity index (χ4v) is 5.09. The fourth-order valence-electron chi connectivity index (χ4n) is 4.96. The highest BCUT2D eigenvalue weighted by Crippen LogP contribution is 2.25. The Kier molecular flexibility index (Phi) is 7.56. The molecule has 2 amide bonds. The number of nitrogens with zero attached hydrogens (tertiary/aromatic N) is 2. The van der Waals surface area contributed by atoms with Gasteiger partial charge < -0.3 is 14.8 Å². The molecule has 0 bridgehead atoms. The standard InChI is InChI=1S/C30H29ClFN3O2/c31-25-9-5-22(6-10-25)20-35-27-4-2-1-3-24(27)19-28(35)30(37)34-17-14-23(15-18-34)29(36)33-16-13-21-7-11-26(32)12-8-21/h1-12,19,23H,13-18,20H2,(H,33,36). The predicted molar refractivity (Wildman–Crippen MR) is 144 cm³/mol. The second-order valence-electron chi connectivity index (χ2n) is 9.53. The highest BCUT2D eigenvalue weighted by Gasteiger charge is 2.29. The number of rotatable bonds is 7. The number of hydrogen-bond donors (Lipinski definition) is 1. The molecule has 1 N–H and O–H groups in total. The van der Waals surface area contributed by atoms with Gasteiger partial charge in [0.25, 0.3) is 5.91 Å². The van der Waals surface area contributed by atoms with E-state index in [0.717, 1.165) is 22.0 Å². The Hall–Kier alpha value is -3.64. The van der Waals surface area contributed by atoms with Gasteiger partial charge in [-0.25, -0.2) is 4.39 Å². The van der Waals surface area contributed by atoms with Gasteiger partial charge in [-0.2, -0.15) is 0 Å². The molecule has 0 unspecified atom stereocenters. The molecule has 1 aliphatic heterocycles. The molecule has 1 aliphatic rings. The van der Waals surface area contributed by atoms with Crippen LogP contribution in [0.5, 0.6) is 0 Å². The lowest BCUT2D eigenvalue weighted by molar-refractivity contribution is -0.126. The van der Waals surface area contributed by atoms with Gasteiger partial charge in [-0.1, -0.05) is 54.1 Å². The van der Waals surface area contributed by atoms with Crippen molar-refractivity contribution < 1.29 is 14.0 Å². The van der Waals surface area contributed by atoms with E-state index in [-0.39, 0.29) is 23.5 Å². The monoisotopic (exact) mass is 517 g/mol. The van der Waals surface area contributed by atoms with Gasteiger partial charge in [-0.3, -0.25) is 9.59 Å². The lowest BCUT2D eigenvalue weighted by Gasteiger charge is -2.31. The number of amides is 2. The molecule has 5 nitrogen and oxygen atoms in total. The number of hydrogen-bond acceptors (Lipinski definition) is 2. The van der Waals surface area contributed by atoms with E-state index in [1.165, 1.54) is 12.1 Å². The van der Waals surface area contributed by atoms with Crippen molar-refractivity contribution in [3.63, 3.8) is 0 Å². The van der Waals surface area contributed by atoms with Crippen LogP contribution in [0.3, 0.4) is 0 Å². The second-order valence-corrected chi connectivity index (χ2v) is 9.97. The topological polar surface area (TPSA) is 54.3 Å². The lowest BCUT2D eigenvalue weighted by atomic mass is 9.95. The zero-order valence-electron chi connectivity index (χ0n) is 20.5. The van der Waals surface area contributed by atoms with E-state index in [1.54, 1.807) is 12.1 Å². The number of benzene rings is 3. The zero-order valence-corrected chi connectivity index (χ0v) is 21.3. The Morgan fingerprint density at radius 2 is 1.59 bits per heavy atom. The van der Waals surface area contributed by atoms with Gasteiger partial charge in [0.1, 0.15) is 11.5 Å². The number of carbonyl (C=O) groups excluding carboxylic acids is 2. The van der Waals surface area contributed by atoms with E-state index in [1.807, 2.05) is 59.5 Å². The van der Waals surface area contributed by atoms with Crippen molar-refractivity contribution in [2.45, 2.75) is 25.8 Å². The van der Waals surface area contributed by atoms with Gasteiger partial charge in [0, 0.05) is 48.0 Å². The summed E-state index contributed by atoms with van der Waals surface area (Å²) in [6.45, 7) is 2.15. The molecule has 1 saturated heterocycles. The first kappa shape index (κ1) is 25.0. The molecule has 190 valence electrons. The highest BCUT2D eigenvalue weighted by molar-refractivity contribution is 6.30. The first-order chi connectivity index (χ1) is 18.0. The summed E-state index contributed by atoms with van der Waals surface area (Å²) >= 11 is 6.06. The molecule has 2 heterocycles. The molecule has 3 aromatic carbocycles. The van der Waals surface area contributed by atoms with Crippen LogP contribution >= 0.6 is 11.6 Å². The van der Waals surface area contributed by atoms with Crippen LogP contribution in [0.25, 0.3) is 10.9 Å². The van der Waals surface area contributed by atoms with E-state index in [0.29, 0.717) is 56.2 Å². The maximum Gasteiger partial charge on any atom is 0.270 e. The van der Waals surface area contributed by atoms with Gasteiger partial charge in [0.15, 0.2) is 0 Å². The van der Waals surface area contributed by atoms with Crippen LogP contribution in [0, 0.1) is 11.7 Å². The molecule has 0 aliphatic carbocycles. The van der Waals surface area contributed by atoms with Crippen LogP contribution in [-0.2, 0) is 17.8 Å². The normalized spacial score (nSPS) is 14.2. The van der Waals surface area contributed by atoms with Crippen molar-refractivity contribution >= 4 is 34.3 Å². The number of para-hydroxylation sites is 1. The van der Waals surface area contributed by atoms with Crippen LogP contribution < -0.4 is 5.32 Å². The molecule has 0 spiro atoms. The van der Waals surface area contributed by atoms with Crippen molar-refractivity contribution in [2.24, 2.45) is 5.92 Å². The SMILES string of the molecule is O=C(NCCc1ccc(F)cc1)C1CCN(C(=O)c2cc3ccccc3n2Cc2ccc(Cl)cc2)CC1. The summed E-state index contributed by atoms with van der Waals surface area (Å²) in [5.41, 5.74) is 3.71. The van der Waals surface area contributed by atoms with Gasteiger partial charge in [-0.05, 0) is 66.8 Å². The molecule has 0 atom stereocenters. The molecule has 1 fully saturated rings. The Balaban J connectivity index is 1.22. The van der Waals surface area contributed by atoms with E-state index < -0.39 is 0 Å². The molecule has 4 aromatic rings. The molecule has 37 heavy (non-hydrogen) atoms. The van der Waals surface area contributed by atoms with Crippen molar-refractivity contribution in [2.75, 3.05) is 19.6 Å². The number of likely N-dealkylation sites (tertiary alicyclic amines) is 1. The Bertz CT molecular complexity index is 1390. The summed E-state index contributed by atoms with van der Waals surface area (Å²) in [4.78, 5) is 28.2. The van der Waals surface area contributed by atoms with E-state index >= 15 is 0 Å². The molecule has 7 heteroatoms. The largest absolute Gasteiger partial charge is 0.356 e. The number of carbonyl (C=O) groups is 2. The average Bonchev–Trinajstić information content (AvgIpc) is 3.29. The van der Waals surface area contributed by atoms with Crippen LogP contribution in [0.4, 0.5) is 4.39 Å². The Morgan fingerprint density at radius 1 is 0.919 bits per heavy atom. The molecular weight excluding hydrogens is 489 g/mol. The maximum atomic E-state index is 13.6. The van der Waals surface area contributed by atoms with Crippen molar-refractivity contribution in [3.05, 3.63) is 107 Å². The van der Waals surface area contributed by atoms with Crippen molar-refractivity contribution in [3.8, 4) is 0 Å². The molecule has 0 radical (unpaired) electrons. The summed E-state index contributed by atoms with van der Waals surface area (Å²) < 4.78 is 15.1. The van der Waals surface area contributed by atoms with E-state index in [4.69, 9.17) is 11.6 Å². The minimum absolute atomic E-state index is 0.0136. The Labute approximate surface area is 220 Å². The third kappa shape index (κ3) is 5.86. The molecule has 5 rings (SSSR count). The van der Waals surface area contributed by atoms with Crippen LogP contribution in [0.15, 0.2) is 78.9 Å². The summed E-state index contributed by atoms with van der Waals surface area (Å²) in [6.07, 6.45) is 1.92. The van der Waals surface area contributed by atoms with Gasteiger partial charge in [0.05, 0.1) is 0 Å². The minimum atomic E-state index is -0.264. The van der Waals surface area contributed by atoms with Gasteiger partial charge in [-0.15, -0.1) is 0 Å². The second kappa shape index (κ2) is 11.2. The quantitative estimate of drug-likeness (QED) is 0.342. The number of fused-ring (bicyclic) bond motifs is 1. The third-order valence-corrected chi connectivity index (χ3v) is 7.31. The van der Waals surface area contributed by atoms with E-state index in [2.05, 4.69) is 9.88 Å². The third-order valence-electron chi connectivity index (χ3n) is 7.06. The maximum absolute atomic E-state index is 13.6. The summed E-state index contributed by atoms with van der Waals surface area (Å²) in [5.74, 6) is -0.372. The zero-order chi connectivity index (χ0) is 25.8. The predicted octanol–water partition coefficient (Wildman–Crippen LogP) is 5.69. The molecule has 0 saturated carbocycles. The Morgan fingerprint density at radius 3 is 2.32 bits per heavy atom. The number of aromatic nitrogens is 1.